The highest BCUT2D eigenvalue weighted by Crippen LogP contribution is 2.40. The van der Waals surface area contributed by atoms with Crippen molar-refractivity contribution in [2.24, 2.45) is 0 Å². The summed E-state index contributed by atoms with van der Waals surface area (Å²) in [6, 6.07) is 7.35. The number of fused-ring (bicyclic) bond motifs is 1. The molecule has 0 saturated carbocycles. The van der Waals surface area contributed by atoms with Crippen molar-refractivity contribution in [3.8, 4) is 5.75 Å². The topological polar surface area (TPSA) is 77.3 Å². The van der Waals surface area contributed by atoms with Crippen LogP contribution in [-0.2, 0) is 16.0 Å². The van der Waals surface area contributed by atoms with Gasteiger partial charge in [-0.05, 0) is 49.9 Å². The monoisotopic (exact) mass is 372 g/mol. The number of hydrogen-bond acceptors (Lipinski definition) is 6. The van der Waals surface area contributed by atoms with Gasteiger partial charge in [0.1, 0.15) is 5.75 Å². The fourth-order valence-corrected chi connectivity index (χ4v) is 3.76. The Kier molecular flexibility index (Phi) is 5.13. The van der Waals surface area contributed by atoms with Crippen molar-refractivity contribution >= 4 is 29.1 Å². The van der Waals surface area contributed by atoms with Crippen molar-refractivity contribution in [1.82, 2.24) is 14.9 Å². The summed E-state index contributed by atoms with van der Waals surface area (Å²) < 4.78 is 7.17. The molecule has 0 unspecified atom stereocenters. The van der Waals surface area contributed by atoms with E-state index in [0.29, 0.717) is 34.6 Å². The number of benzene rings is 1. The summed E-state index contributed by atoms with van der Waals surface area (Å²) in [6.45, 7) is 7.38. The van der Waals surface area contributed by atoms with Gasteiger partial charge in [0, 0.05) is 18.9 Å². The normalized spacial score (nSPS) is 13.6. The molecule has 0 spiro atoms. The Labute approximate surface area is 156 Å². The Morgan fingerprint density at radius 3 is 2.35 bits per heavy atom. The Balaban J connectivity index is 2.19. The van der Waals surface area contributed by atoms with Gasteiger partial charge >= 0.3 is 0 Å². The number of ketones is 1. The molecule has 7 nitrogen and oxygen atoms in total. The second-order valence-electron chi connectivity index (χ2n) is 5.69. The molecular formula is C18H20N4O3S. The van der Waals surface area contributed by atoms with E-state index in [0.717, 1.165) is 11.3 Å². The Bertz CT molecular complexity index is 886. The van der Waals surface area contributed by atoms with Gasteiger partial charge in [0.05, 0.1) is 17.2 Å². The molecule has 1 aromatic carbocycles. The Hall–Kier alpha value is -2.61. The van der Waals surface area contributed by atoms with Gasteiger partial charge in [-0.15, -0.1) is 10.2 Å². The summed E-state index contributed by atoms with van der Waals surface area (Å²) in [7, 11) is 0. The molecule has 136 valence electrons. The number of Topliss-reactive ketones (excluding diaryl/α,β-unsaturated/α-hetero) is 1. The number of nitrogens with zero attached hydrogens (tertiary/aromatic N) is 4. The summed E-state index contributed by atoms with van der Waals surface area (Å²) in [5.41, 5.74) is 1.29. The molecule has 2 heterocycles. The quantitative estimate of drug-likeness (QED) is 0.803. The molecular weight excluding hydrogens is 352 g/mol. The van der Waals surface area contributed by atoms with Gasteiger partial charge in [0.25, 0.3) is 0 Å². The minimum absolute atomic E-state index is 0.127. The van der Waals surface area contributed by atoms with E-state index in [2.05, 4.69) is 10.2 Å². The second kappa shape index (κ2) is 7.33. The molecule has 1 aliphatic rings. The first-order valence-electron chi connectivity index (χ1n) is 8.39. The Morgan fingerprint density at radius 1 is 1.12 bits per heavy atom. The van der Waals surface area contributed by atoms with E-state index in [1.54, 1.807) is 4.68 Å². The van der Waals surface area contributed by atoms with Crippen molar-refractivity contribution in [1.29, 1.82) is 0 Å². The molecule has 0 atom stereocenters. The zero-order chi connectivity index (χ0) is 18.8. The molecule has 0 N–H and O–H groups in total. The predicted molar refractivity (Wildman–Crippen MR) is 99.4 cm³/mol. The minimum Gasteiger partial charge on any atom is -0.494 e. The van der Waals surface area contributed by atoms with Gasteiger partial charge in [-0.2, -0.15) is 0 Å². The molecule has 3 rings (SSSR count). The lowest BCUT2D eigenvalue weighted by Crippen LogP contribution is -2.41. The molecule has 0 bridgehead atoms. The van der Waals surface area contributed by atoms with Gasteiger partial charge in [-0.3, -0.25) is 9.59 Å². The smallest absolute Gasteiger partial charge is 0.243 e. The first kappa shape index (κ1) is 18.2. The summed E-state index contributed by atoms with van der Waals surface area (Å²) >= 11 is 1.23. The van der Waals surface area contributed by atoms with Crippen LogP contribution in [-0.4, -0.2) is 33.2 Å². The molecule has 0 saturated heterocycles. The largest absolute Gasteiger partial charge is 0.494 e. The molecule has 0 fully saturated rings. The van der Waals surface area contributed by atoms with Gasteiger partial charge in [-0.1, -0.05) is 6.92 Å². The van der Waals surface area contributed by atoms with Crippen LogP contribution in [0.25, 0.3) is 5.70 Å². The average Bonchev–Trinajstić information content (AvgIpc) is 3.03. The minimum atomic E-state index is -0.219. The fourth-order valence-electron chi connectivity index (χ4n) is 2.78. The molecule has 8 heteroatoms. The van der Waals surface area contributed by atoms with Crippen molar-refractivity contribution in [3.63, 3.8) is 0 Å². The third-order valence-electron chi connectivity index (χ3n) is 3.87. The Morgan fingerprint density at radius 2 is 1.81 bits per heavy atom. The number of aryl methyl sites for hydroxylation is 1. The predicted octanol–water partition coefficient (Wildman–Crippen LogP) is 2.79. The average molecular weight is 372 g/mol. The van der Waals surface area contributed by atoms with Gasteiger partial charge in [0.15, 0.2) is 11.6 Å². The molecule has 0 radical (unpaired) electrons. The highest BCUT2D eigenvalue weighted by Gasteiger charge is 2.34. The fraction of sp³-hybridized carbons (Fsp3) is 0.333. The van der Waals surface area contributed by atoms with Crippen molar-refractivity contribution < 1.29 is 14.3 Å². The van der Waals surface area contributed by atoms with Crippen LogP contribution >= 0.6 is 11.8 Å². The van der Waals surface area contributed by atoms with Crippen LogP contribution in [0.5, 0.6) is 5.75 Å². The third-order valence-corrected chi connectivity index (χ3v) is 4.99. The van der Waals surface area contributed by atoms with E-state index >= 15 is 0 Å². The lowest BCUT2D eigenvalue weighted by atomic mass is 10.1. The first-order chi connectivity index (χ1) is 12.5. The lowest BCUT2D eigenvalue weighted by molar-refractivity contribution is -0.117. The number of amides is 1. The lowest BCUT2D eigenvalue weighted by Gasteiger charge is -2.32. The van der Waals surface area contributed by atoms with Gasteiger partial charge in [0.2, 0.25) is 11.1 Å². The van der Waals surface area contributed by atoms with E-state index in [4.69, 9.17) is 4.74 Å². The number of aromatic nitrogens is 3. The van der Waals surface area contributed by atoms with E-state index < -0.39 is 0 Å². The third kappa shape index (κ3) is 3.12. The van der Waals surface area contributed by atoms with Crippen LogP contribution in [0.3, 0.4) is 0 Å². The van der Waals surface area contributed by atoms with Crippen LogP contribution in [0.1, 0.15) is 39.1 Å². The molecule has 0 aliphatic carbocycles. The van der Waals surface area contributed by atoms with Crippen molar-refractivity contribution in [2.45, 2.75) is 39.3 Å². The molecule has 2 aromatic rings. The molecule has 1 amide bonds. The zero-order valence-corrected chi connectivity index (χ0v) is 16.0. The summed E-state index contributed by atoms with van der Waals surface area (Å²) in [5, 5.41) is 10.3. The van der Waals surface area contributed by atoms with Gasteiger partial charge < -0.3 is 4.74 Å². The van der Waals surface area contributed by atoms with Crippen LogP contribution < -0.4 is 9.75 Å². The molecule has 1 aromatic heterocycles. The van der Waals surface area contributed by atoms with E-state index in [1.165, 1.54) is 30.6 Å². The standard InChI is InChI=1S/C18H20N4O3S/c1-5-15-19-20-18-22(15)21(12(4)24)16(17(26-18)11(3)23)13-7-9-14(10-8-13)25-6-2/h7-10H,5-6H2,1-4H3. The maximum absolute atomic E-state index is 12.5. The van der Waals surface area contributed by atoms with Gasteiger partial charge in [-0.25, -0.2) is 9.69 Å². The number of allylic oxidation sites excluding steroid dienone is 1. The summed E-state index contributed by atoms with van der Waals surface area (Å²) in [6.07, 6.45) is 0.614. The zero-order valence-electron chi connectivity index (χ0n) is 15.1. The number of ether oxygens (including phenoxy) is 1. The number of hydrogen-bond donors (Lipinski definition) is 0. The highest BCUT2D eigenvalue weighted by molar-refractivity contribution is 8.04. The molecule has 26 heavy (non-hydrogen) atoms. The van der Waals surface area contributed by atoms with Crippen LogP contribution in [0.15, 0.2) is 34.3 Å². The van der Waals surface area contributed by atoms with E-state index in [9.17, 15) is 9.59 Å². The van der Waals surface area contributed by atoms with Crippen molar-refractivity contribution in [3.05, 3.63) is 40.6 Å². The first-order valence-corrected chi connectivity index (χ1v) is 9.21. The SMILES string of the molecule is CCOc1ccc(C2=C(C(C)=O)Sc3nnc(CC)n3N2C(C)=O)cc1. The van der Waals surface area contributed by atoms with Crippen molar-refractivity contribution in [2.75, 3.05) is 11.6 Å². The number of carbonyl (C=O) groups is 2. The number of carbonyl (C=O) groups excluding carboxylic acids is 2. The summed E-state index contributed by atoms with van der Waals surface area (Å²) in [4.78, 5) is 25.3. The van der Waals surface area contributed by atoms with Crippen LogP contribution in [0.4, 0.5) is 0 Å². The number of thioether (sulfide) groups is 1. The number of rotatable bonds is 5. The summed E-state index contributed by atoms with van der Waals surface area (Å²) in [5.74, 6) is 1.05. The second-order valence-corrected chi connectivity index (χ2v) is 6.67. The highest BCUT2D eigenvalue weighted by atomic mass is 32.2. The van der Waals surface area contributed by atoms with Crippen LogP contribution in [0.2, 0.25) is 0 Å². The van der Waals surface area contributed by atoms with E-state index in [1.807, 2.05) is 38.1 Å². The molecule has 1 aliphatic heterocycles. The maximum Gasteiger partial charge on any atom is 0.243 e. The maximum atomic E-state index is 12.5. The van der Waals surface area contributed by atoms with E-state index in [-0.39, 0.29) is 11.7 Å². The van der Waals surface area contributed by atoms with Crippen LogP contribution in [0, 0.1) is 0 Å².